The molecule has 0 aliphatic carbocycles. The first-order valence-corrected chi connectivity index (χ1v) is 10.2. The molecule has 0 aliphatic rings. The predicted octanol–water partition coefficient (Wildman–Crippen LogP) is 2.49. The molecule has 0 unspecified atom stereocenters. The number of hydrazine groups is 1. The highest BCUT2D eigenvalue weighted by Gasteiger charge is 2.39. The van der Waals surface area contributed by atoms with Gasteiger partial charge in [-0.15, -0.1) is 0 Å². The number of anilines is 1. The van der Waals surface area contributed by atoms with Gasteiger partial charge in [0, 0.05) is 23.6 Å². The van der Waals surface area contributed by atoms with Crippen LogP contribution in [-0.4, -0.2) is 43.2 Å². The van der Waals surface area contributed by atoms with E-state index >= 15 is 0 Å². The molecule has 14 heteroatoms. The molecule has 34 heavy (non-hydrogen) atoms. The molecule has 0 amide bonds. The highest BCUT2D eigenvalue weighted by molar-refractivity contribution is 7.99. The zero-order valence-corrected chi connectivity index (χ0v) is 18.0. The van der Waals surface area contributed by atoms with E-state index in [-0.39, 0.29) is 46.6 Å². The van der Waals surface area contributed by atoms with Crippen molar-refractivity contribution in [2.24, 2.45) is 5.84 Å². The number of hydrogen-bond acceptors (Lipinski definition) is 9. The second kappa shape index (κ2) is 12.0. The van der Waals surface area contributed by atoms with Crippen LogP contribution in [0.5, 0.6) is 5.88 Å². The third kappa shape index (κ3) is 6.90. The van der Waals surface area contributed by atoms with Crippen molar-refractivity contribution in [3.8, 4) is 11.9 Å². The van der Waals surface area contributed by atoms with Gasteiger partial charge in [0.1, 0.15) is 29.6 Å². The number of aldehydes is 1. The average molecular weight is 494 g/mol. The lowest BCUT2D eigenvalue weighted by atomic mass is 9.75. The van der Waals surface area contributed by atoms with Crippen molar-refractivity contribution in [1.29, 1.82) is 5.26 Å². The maximum absolute atomic E-state index is 14.6. The molecule has 0 bridgehead atoms. The number of allylic oxidation sites excluding steroid dienone is 2. The number of pyridine rings is 1. The molecule has 176 valence electrons. The predicted molar refractivity (Wildman–Crippen MR) is 115 cm³/mol. The van der Waals surface area contributed by atoms with Gasteiger partial charge in [-0.25, -0.2) is 15.2 Å². The van der Waals surface area contributed by atoms with E-state index in [2.05, 4.69) is 4.98 Å². The standard InChI is InChI=1S/C20H15BF4N4O4S/c22-13-7-12(10-26)16(34-15-3-1-4-28-19(15)33-6-2-5-30)8-14(13)29(27)17(20(23,24)25)9-18(32)21-11-31/h1,3-5,7-9,11,21H,2,6,27H2/b17-9-. The van der Waals surface area contributed by atoms with Crippen LogP contribution in [0.1, 0.15) is 12.0 Å². The molecule has 0 saturated carbocycles. The molecule has 0 saturated heterocycles. The van der Waals surface area contributed by atoms with Gasteiger partial charge in [0.2, 0.25) is 5.88 Å². The number of rotatable bonds is 11. The number of nitriles is 1. The first-order chi connectivity index (χ1) is 16.1. The highest BCUT2D eigenvalue weighted by Crippen LogP contribution is 2.39. The van der Waals surface area contributed by atoms with Crippen molar-refractivity contribution in [2.45, 2.75) is 22.4 Å². The lowest BCUT2D eigenvalue weighted by molar-refractivity contribution is -0.110. The van der Waals surface area contributed by atoms with Crippen LogP contribution in [0.25, 0.3) is 0 Å². The Morgan fingerprint density at radius 3 is 2.68 bits per heavy atom. The molecule has 1 heterocycles. The van der Waals surface area contributed by atoms with Crippen molar-refractivity contribution in [3.63, 3.8) is 0 Å². The fourth-order valence-electron chi connectivity index (χ4n) is 2.49. The van der Waals surface area contributed by atoms with E-state index in [0.29, 0.717) is 17.2 Å². The van der Waals surface area contributed by atoms with Crippen molar-refractivity contribution >= 4 is 42.9 Å². The van der Waals surface area contributed by atoms with E-state index < -0.39 is 36.3 Å². The molecule has 2 aromatic rings. The number of nitrogens with two attached hydrogens (primary N) is 1. The Balaban J connectivity index is 2.52. The van der Waals surface area contributed by atoms with Gasteiger partial charge in [0.05, 0.1) is 28.9 Å². The second-order valence-corrected chi connectivity index (χ2v) is 7.44. The highest BCUT2D eigenvalue weighted by atomic mass is 32.2. The summed E-state index contributed by atoms with van der Waals surface area (Å²) in [5.74, 6) is 4.37. The average Bonchev–Trinajstić information content (AvgIpc) is 2.78. The fraction of sp³-hybridized carbons (Fsp3) is 0.150. The van der Waals surface area contributed by atoms with Crippen LogP contribution in [-0.2, 0) is 14.4 Å². The number of carbonyl (C=O) groups excluding carboxylic acids is 3. The lowest BCUT2D eigenvalue weighted by Gasteiger charge is -2.25. The van der Waals surface area contributed by atoms with Crippen LogP contribution >= 0.6 is 11.8 Å². The Morgan fingerprint density at radius 1 is 1.32 bits per heavy atom. The van der Waals surface area contributed by atoms with Gasteiger partial charge in [-0.1, -0.05) is 11.8 Å². The third-order valence-electron chi connectivity index (χ3n) is 3.99. The number of ether oxygens (including phenoxy) is 1. The number of hydrogen-bond donors (Lipinski definition) is 1. The Kier molecular flexibility index (Phi) is 9.34. The minimum Gasteiger partial charge on any atom is -0.476 e. The fourth-order valence-corrected chi connectivity index (χ4v) is 3.46. The summed E-state index contributed by atoms with van der Waals surface area (Å²) in [6, 6.07) is 6.42. The van der Waals surface area contributed by atoms with E-state index in [1.807, 2.05) is 0 Å². The molecule has 0 spiro atoms. The largest absolute Gasteiger partial charge is 0.476 e. The number of carbonyl (C=O) groups is 3. The molecule has 0 radical (unpaired) electrons. The normalized spacial score (nSPS) is 11.4. The molecule has 1 aromatic carbocycles. The summed E-state index contributed by atoms with van der Waals surface area (Å²) in [6.07, 6.45) is -2.82. The summed E-state index contributed by atoms with van der Waals surface area (Å²) in [6.45, 7) is 0.0129. The summed E-state index contributed by atoms with van der Waals surface area (Å²) in [7, 11) is -0.821. The molecule has 1 aromatic heterocycles. The number of aromatic nitrogens is 1. The van der Waals surface area contributed by atoms with E-state index in [1.54, 1.807) is 6.07 Å². The number of benzene rings is 1. The monoisotopic (exact) mass is 494 g/mol. The van der Waals surface area contributed by atoms with Crippen LogP contribution < -0.4 is 15.6 Å². The Labute approximate surface area is 195 Å². The van der Waals surface area contributed by atoms with Crippen LogP contribution in [0.4, 0.5) is 23.2 Å². The van der Waals surface area contributed by atoms with E-state index in [4.69, 9.17) is 10.6 Å². The van der Waals surface area contributed by atoms with E-state index in [9.17, 15) is 37.2 Å². The number of nitrogens with zero attached hydrogens (tertiary/aromatic N) is 3. The van der Waals surface area contributed by atoms with Gasteiger partial charge in [0.15, 0.2) is 0 Å². The second-order valence-electron chi connectivity index (χ2n) is 6.36. The smallest absolute Gasteiger partial charge is 0.432 e. The van der Waals surface area contributed by atoms with Crippen molar-refractivity contribution < 1.29 is 36.7 Å². The topological polar surface area (TPSA) is 126 Å². The molecule has 0 aliphatic heterocycles. The first-order valence-electron chi connectivity index (χ1n) is 9.35. The SMILES string of the molecule is N#Cc1cc(F)c(N(N)/C(=C\C(=O)BC=O)C(F)(F)F)cc1Sc1cccnc1OCCC=O. The molecule has 0 fully saturated rings. The van der Waals surface area contributed by atoms with Gasteiger partial charge < -0.3 is 19.1 Å². The number of alkyl halides is 3. The van der Waals surface area contributed by atoms with Crippen molar-refractivity contribution in [1.82, 2.24) is 4.98 Å². The van der Waals surface area contributed by atoms with Crippen LogP contribution in [0.3, 0.4) is 0 Å². The summed E-state index contributed by atoms with van der Waals surface area (Å²) in [5, 5.41) is 9.30. The molecule has 2 N–H and O–H groups in total. The molecule has 2 rings (SSSR count). The maximum atomic E-state index is 14.6. The Hall–Kier alpha value is -3.70. The molecular formula is C20H15BF4N4O4S. The molecule has 8 nitrogen and oxygen atoms in total. The summed E-state index contributed by atoms with van der Waals surface area (Å²) in [4.78, 5) is 36.9. The third-order valence-corrected chi connectivity index (χ3v) is 5.08. The van der Waals surface area contributed by atoms with Crippen molar-refractivity contribution in [2.75, 3.05) is 11.6 Å². The van der Waals surface area contributed by atoms with E-state index in [0.717, 1.165) is 17.8 Å². The van der Waals surface area contributed by atoms with Gasteiger partial charge in [-0.3, -0.25) is 5.01 Å². The van der Waals surface area contributed by atoms with Crippen molar-refractivity contribution in [3.05, 3.63) is 53.6 Å². The van der Waals surface area contributed by atoms with Gasteiger partial charge in [-0.05, 0) is 24.3 Å². The zero-order valence-electron chi connectivity index (χ0n) is 17.2. The zero-order chi connectivity index (χ0) is 25.3. The molecule has 0 atom stereocenters. The maximum Gasteiger partial charge on any atom is 0.432 e. The van der Waals surface area contributed by atoms with Crippen LogP contribution in [0, 0.1) is 17.1 Å². The summed E-state index contributed by atoms with van der Waals surface area (Å²) >= 11 is 0.844. The van der Waals surface area contributed by atoms with Crippen LogP contribution in [0.15, 0.2) is 52.0 Å². The van der Waals surface area contributed by atoms with Crippen LogP contribution in [0.2, 0.25) is 0 Å². The van der Waals surface area contributed by atoms with Gasteiger partial charge >= 0.3 is 6.18 Å². The first kappa shape index (κ1) is 26.6. The minimum atomic E-state index is -5.16. The Bertz CT molecular complexity index is 1150. The van der Waals surface area contributed by atoms with Gasteiger partial charge in [0.25, 0.3) is 7.28 Å². The summed E-state index contributed by atoms with van der Waals surface area (Å²) in [5.41, 5.74) is -3.89. The quantitative estimate of drug-likeness (QED) is 0.0954. The molecular weight excluding hydrogens is 479 g/mol. The van der Waals surface area contributed by atoms with E-state index in [1.165, 1.54) is 18.3 Å². The summed E-state index contributed by atoms with van der Waals surface area (Å²) < 4.78 is 60.6. The minimum absolute atomic E-state index is 0.0129. The van der Waals surface area contributed by atoms with Gasteiger partial charge in [-0.2, -0.15) is 18.4 Å². The number of halogens is 4. The Morgan fingerprint density at radius 2 is 2.06 bits per heavy atom. The lowest BCUT2D eigenvalue weighted by Crippen LogP contribution is -2.38.